The summed E-state index contributed by atoms with van der Waals surface area (Å²) < 4.78 is 38.9. The summed E-state index contributed by atoms with van der Waals surface area (Å²) in [5, 5.41) is 13.4. The number of nitrogens with one attached hydrogen (secondary N) is 4. The Morgan fingerprint density at radius 1 is 1.35 bits per heavy atom. The molecule has 0 heterocycles. The number of halogens is 3. The molecule has 17 heavy (non-hydrogen) atoms. The third kappa shape index (κ3) is 8.51. The van der Waals surface area contributed by atoms with E-state index in [1.165, 1.54) is 6.92 Å². The van der Waals surface area contributed by atoms with Crippen LogP contribution in [0.3, 0.4) is 0 Å². The van der Waals surface area contributed by atoms with Crippen molar-refractivity contribution < 1.29 is 22.7 Å². The van der Waals surface area contributed by atoms with E-state index in [-0.39, 0.29) is 5.84 Å². The van der Waals surface area contributed by atoms with Crippen LogP contribution in [0.1, 0.15) is 13.8 Å². The highest BCUT2D eigenvalue weighted by Crippen LogP contribution is 2.24. The van der Waals surface area contributed by atoms with Crippen LogP contribution in [0.25, 0.3) is 0 Å². The van der Waals surface area contributed by atoms with E-state index < -0.39 is 22.7 Å². The molecule has 0 aromatic rings. The highest BCUT2D eigenvalue weighted by Gasteiger charge is 2.33. The number of carbonyl (C=O) groups is 1. The number of ether oxygens (including phenoxy) is 1. The molecule has 0 bridgehead atoms. The van der Waals surface area contributed by atoms with Gasteiger partial charge in [-0.1, -0.05) is 11.8 Å². The van der Waals surface area contributed by atoms with Gasteiger partial charge >= 0.3 is 6.36 Å². The first-order valence-electron chi connectivity index (χ1n) is 4.23. The summed E-state index contributed by atoms with van der Waals surface area (Å²) >= 11 is 0.305. The van der Waals surface area contributed by atoms with Crippen molar-refractivity contribution in [2.24, 2.45) is 0 Å². The third-order valence-electron chi connectivity index (χ3n) is 1.15. The number of rotatable bonds is 2. The Morgan fingerprint density at radius 2 is 1.88 bits per heavy atom. The second kappa shape index (κ2) is 6.45. The summed E-state index contributed by atoms with van der Waals surface area (Å²) in [6.45, 7) is 2.40. The summed E-state index contributed by atoms with van der Waals surface area (Å²) in [6, 6.07) is 0. The van der Waals surface area contributed by atoms with Crippen LogP contribution in [-0.2, 0) is 9.53 Å². The molecule has 0 fully saturated rings. The number of amides is 1. The molecule has 0 rings (SSSR count). The van der Waals surface area contributed by atoms with Crippen LogP contribution in [0.4, 0.5) is 13.2 Å². The molecule has 0 saturated carbocycles. The summed E-state index contributed by atoms with van der Waals surface area (Å²) in [5.74, 6) is -1.02. The van der Waals surface area contributed by atoms with Crippen molar-refractivity contribution in [3.63, 3.8) is 0 Å². The Hall–Kier alpha value is -1.29. The number of carbonyl (C=O) groups excluding carboxylic acids is 1. The van der Waals surface area contributed by atoms with E-state index >= 15 is 0 Å². The van der Waals surface area contributed by atoms with Crippen molar-refractivity contribution in [2.75, 3.05) is 0 Å². The van der Waals surface area contributed by atoms with E-state index in [1.807, 2.05) is 5.43 Å². The van der Waals surface area contributed by atoms with Crippen molar-refractivity contribution in [1.82, 2.24) is 10.9 Å². The lowest BCUT2D eigenvalue weighted by atomic mass is 10.7. The van der Waals surface area contributed by atoms with Crippen molar-refractivity contribution in [1.29, 1.82) is 10.8 Å². The standard InChI is InChI=1S/C7H11F3N4O2S/c1-3(11)13-14-6(15)5(12)17-4(2)16-7(8,9)10/h4,12H,1-2H3,(H2,11,13)(H,14,15). The molecule has 0 aliphatic carbocycles. The minimum Gasteiger partial charge on any atom is -0.289 e. The highest BCUT2D eigenvalue weighted by molar-refractivity contribution is 8.15. The summed E-state index contributed by atoms with van der Waals surface area (Å²) in [7, 11) is 0. The molecule has 98 valence electrons. The molecule has 0 radical (unpaired) electrons. The number of hydrogen-bond donors (Lipinski definition) is 4. The molecule has 0 aromatic carbocycles. The van der Waals surface area contributed by atoms with E-state index in [4.69, 9.17) is 10.8 Å². The SMILES string of the molecule is CC(=N)NNC(=O)C(=N)SC(C)OC(F)(F)F. The fourth-order valence-electron chi connectivity index (χ4n) is 0.639. The van der Waals surface area contributed by atoms with Crippen LogP contribution in [0.5, 0.6) is 0 Å². The molecule has 4 N–H and O–H groups in total. The molecule has 1 amide bonds. The Morgan fingerprint density at radius 3 is 2.29 bits per heavy atom. The van der Waals surface area contributed by atoms with Crippen LogP contribution < -0.4 is 10.9 Å². The lowest BCUT2D eigenvalue weighted by Gasteiger charge is -2.14. The molecule has 1 atom stereocenters. The predicted octanol–water partition coefficient (Wildman–Crippen LogP) is 1.20. The molecule has 0 aliphatic heterocycles. The summed E-state index contributed by atoms with van der Waals surface area (Å²) in [5.41, 5.74) is 2.66. The number of hydrazine groups is 1. The average molecular weight is 272 g/mol. The maximum Gasteiger partial charge on any atom is 0.523 e. The Labute approximate surface area is 99.3 Å². The Balaban J connectivity index is 4.08. The summed E-state index contributed by atoms with van der Waals surface area (Å²) in [6.07, 6.45) is -4.81. The largest absolute Gasteiger partial charge is 0.523 e. The number of hydrogen-bond acceptors (Lipinski definition) is 5. The molecule has 0 spiro atoms. The Kier molecular flexibility index (Phi) is 5.96. The van der Waals surface area contributed by atoms with E-state index in [0.29, 0.717) is 11.8 Å². The lowest BCUT2D eigenvalue weighted by molar-refractivity contribution is -0.328. The molecule has 0 saturated heterocycles. The molecule has 10 heteroatoms. The maximum atomic E-state index is 11.8. The van der Waals surface area contributed by atoms with Crippen LogP contribution in [0, 0.1) is 10.8 Å². The van der Waals surface area contributed by atoms with Gasteiger partial charge in [0.1, 0.15) is 11.3 Å². The van der Waals surface area contributed by atoms with E-state index in [9.17, 15) is 18.0 Å². The van der Waals surface area contributed by atoms with Gasteiger partial charge in [-0.05, 0) is 13.8 Å². The minimum atomic E-state index is -4.81. The zero-order valence-corrected chi connectivity index (χ0v) is 9.75. The van der Waals surface area contributed by atoms with Gasteiger partial charge in [-0.15, -0.1) is 13.2 Å². The van der Waals surface area contributed by atoms with E-state index in [2.05, 4.69) is 10.2 Å². The first-order chi connectivity index (χ1) is 7.61. The van der Waals surface area contributed by atoms with Gasteiger partial charge in [0.05, 0.1) is 0 Å². The van der Waals surface area contributed by atoms with Gasteiger partial charge in [-0.3, -0.25) is 31.2 Å². The average Bonchev–Trinajstić information content (AvgIpc) is 2.10. The topological polar surface area (TPSA) is 98.1 Å². The van der Waals surface area contributed by atoms with Gasteiger partial charge in [-0.2, -0.15) is 0 Å². The smallest absolute Gasteiger partial charge is 0.289 e. The van der Waals surface area contributed by atoms with Crippen molar-refractivity contribution >= 4 is 28.5 Å². The van der Waals surface area contributed by atoms with E-state index in [0.717, 1.165) is 6.92 Å². The molecular weight excluding hydrogens is 261 g/mol. The normalized spacial score (nSPS) is 12.8. The number of alkyl halides is 3. The molecule has 0 aliphatic rings. The zero-order valence-electron chi connectivity index (χ0n) is 8.94. The Bertz CT molecular complexity index is 321. The second-order valence-corrected chi connectivity index (χ2v) is 4.09. The minimum absolute atomic E-state index is 0.0734. The van der Waals surface area contributed by atoms with E-state index in [1.54, 1.807) is 0 Å². The summed E-state index contributed by atoms with van der Waals surface area (Å²) in [4.78, 5) is 11.1. The van der Waals surface area contributed by atoms with Gasteiger partial charge < -0.3 is 0 Å². The van der Waals surface area contributed by atoms with Crippen LogP contribution >= 0.6 is 11.8 Å². The fraction of sp³-hybridized carbons (Fsp3) is 0.571. The molecule has 6 nitrogen and oxygen atoms in total. The number of thioether (sulfide) groups is 1. The van der Waals surface area contributed by atoms with Gasteiger partial charge in [-0.25, -0.2) is 0 Å². The van der Waals surface area contributed by atoms with Crippen LogP contribution in [0.15, 0.2) is 0 Å². The van der Waals surface area contributed by atoms with Crippen molar-refractivity contribution in [3.05, 3.63) is 0 Å². The molecule has 1 unspecified atom stereocenters. The van der Waals surface area contributed by atoms with Crippen LogP contribution in [-0.4, -0.2) is 28.6 Å². The lowest BCUT2D eigenvalue weighted by Crippen LogP contribution is -2.43. The van der Waals surface area contributed by atoms with Gasteiger partial charge in [0, 0.05) is 0 Å². The first-order valence-corrected chi connectivity index (χ1v) is 5.11. The monoisotopic (exact) mass is 272 g/mol. The first kappa shape index (κ1) is 15.7. The van der Waals surface area contributed by atoms with Gasteiger partial charge in [0.2, 0.25) is 0 Å². The zero-order chi connectivity index (χ0) is 13.6. The maximum absolute atomic E-state index is 11.8. The van der Waals surface area contributed by atoms with Crippen LogP contribution in [0.2, 0.25) is 0 Å². The van der Waals surface area contributed by atoms with Gasteiger partial charge in [0.15, 0.2) is 5.04 Å². The number of amidine groups is 1. The van der Waals surface area contributed by atoms with Gasteiger partial charge in [0.25, 0.3) is 5.91 Å². The molecular formula is C7H11F3N4O2S. The second-order valence-electron chi connectivity index (χ2n) is 2.78. The highest BCUT2D eigenvalue weighted by atomic mass is 32.2. The van der Waals surface area contributed by atoms with Crippen molar-refractivity contribution in [2.45, 2.75) is 25.6 Å². The van der Waals surface area contributed by atoms with Crippen molar-refractivity contribution in [3.8, 4) is 0 Å². The fourth-order valence-corrected chi connectivity index (χ4v) is 1.29. The quantitative estimate of drug-likeness (QED) is 0.263. The third-order valence-corrected chi connectivity index (χ3v) is 2.00. The predicted molar refractivity (Wildman–Crippen MR) is 56.6 cm³/mol. The molecule has 0 aromatic heterocycles.